The Hall–Kier alpha value is -4.53. The number of aromatic nitrogens is 2. The van der Waals surface area contributed by atoms with Gasteiger partial charge in [0.05, 0.1) is 22.0 Å². The molecule has 0 aliphatic carbocycles. The van der Waals surface area contributed by atoms with Crippen molar-refractivity contribution < 1.29 is 14.8 Å². The topological polar surface area (TPSA) is 120 Å². The lowest BCUT2D eigenvalue weighted by Gasteiger charge is -2.10. The molecule has 4 rings (SSSR count). The molecule has 1 heterocycles. The fourth-order valence-electron chi connectivity index (χ4n) is 2.93. The molecule has 0 spiro atoms. The summed E-state index contributed by atoms with van der Waals surface area (Å²) >= 11 is 0. The molecule has 0 bridgehead atoms. The highest BCUT2D eigenvalue weighted by Crippen LogP contribution is 2.21. The van der Waals surface area contributed by atoms with Crippen LogP contribution in [0.4, 0.5) is 5.69 Å². The van der Waals surface area contributed by atoms with Crippen LogP contribution in [0.5, 0.6) is 11.5 Å². The molecule has 0 atom stereocenters. The SMILES string of the molecule is O=c1c2ccccc2nc(COc2ccccc2)n1N=Cc1cc([N+](=O)[O-])ccc1O. The predicted octanol–water partition coefficient (Wildman–Crippen LogP) is 3.47. The van der Waals surface area contributed by atoms with Crippen LogP contribution in [0.1, 0.15) is 11.4 Å². The Kier molecular flexibility index (Phi) is 5.39. The molecular formula is C22H16N4O5. The van der Waals surface area contributed by atoms with Crippen LogP contribution < -0.4 is 10.3 Å². The summed E-state index contributed by atoms with van der Waals surface area (Å²) < 4.78 is 6.79. The Bertz CT molecular complexity index is 1350. The molecule has 154 valence electrons. The molecule has 0 amide bonds. The molecule has 9 heteroatoms. The van der Waals surface area contributed by atoms with E-state index in [-0.39, 0.29) is 29.4 Å². The molecule has 1 N–H and O–H groups in total. The van der Waals surface area contributed by atoms with Crippen molar-refractivity contribution in [2.75, 3.05) is 0 Å². The number of phenolic OH excluding ortho intramolecular Hbond substituents is 1. The Morgan fingerprint density at radius 3 is 2.61 bits per heavy atom. The third kappa shape index (κ3) is 4.25. The Morgan fingerprint density at radius 2 is 1.84 bits per heavy atom. The second-order valence-corrected chi connectivity index (χ2v) is 6.51. The van der Waals surface area contributed by atoms with Crippen LogP contribution in [0.15, 0.2) is 82.7 Å². The molecule has 9 nitrogen and oxygen atoms in total. The number of para-hydroxylation sites is 2. The smallest absolute Gasteiger partial charge is 0.282 e. The third-order valence-electron chi connectivity index (χ3n) is 4.47. The van der Waals surface area contributed by atoms with Gasteiger partial charge in [-0.05, 0) is 30.3 Å². The van der Waals surface area contributed by atoms with Crippen molar-refractivity contribution in [1.29, 1.82) is 0 Å². The van der Waals surface area contributed by atoms with Crippen molar-refractivity contribution in [3.63, 3.8) is 0 Å². The molecule has 0 aliphatic heterocycles. The highest BCUT2D eigenvalue weighted by atomic mass is 16.6. The minimum absolute atomic E-state index is 0.0393. The summed E-state index contributed by atoms with van der Waals surface area (Å²) in [4.78, 5) is 27.9. The second kappa shape index (κ2) is 8.46. The van der Waals surface area contributed by atoms with E-state index in [1.807, 2.05) is 18.2 Å². The fourth-order valence-corrected chi connectivity index (χ4v) is 2.93. The van der Waals surface area contributed by atoms with Gasteiger partial charge >= 0.3 is 0 Å². The summed E-state index contributed by atoms with van der Waals surface area (Å²) in [5, 5.41) is 25.5. The van der Waals surface area contributed by atoms with E-state index in [9.17, 15) is 20.0 Å². The number of aromatic hydroxyl groups is 1. The van der Waals surface area contributed by atoms with Crippen LogP contribution in [-0.2, 0) is 6.61 Å². The molecule has 0 fully saturated rings. The lowest BCUT2D eigenvalue weighted by molar-refractivity contribution is -0.384. The van der Waals surface area contributed by atoms with Gasteiger partial charge in [-0.1, -0.05) is 30.3 Å². The molecule has 0 saturated heterocycles. The molecule has 4 aromatic rings. The summed E-state index contributed by atoms with van der Waals surface area (Å²) in [5.74, 6) is 0.615. The number of nitro groups is 1. The van der Waals surface area contributed by atoms with Crippen molar-refractivity contribution in [2.45, 2.75) is 6.61 Å². The molecule has 0 saturated carbocycles. The van der Waals surface area contributed by atoms with Gasteiger partial charge < -0.3 is 9.84 Å². The summed E-state index contributed by atoms with van der Waals surface area (Å²) in [6.45, 7) is -0.0393. The van der Waals surface area contributed by atoms with Crippen LogP contribution >= 0.6 is 0 Å². The van der Waals surface area contributed by atoms with E-state index in [1.54, 1.807) is 36.4 Å². The molecule has 0 radical (unpaired) electrons. The number of non-ortho nitro benzene ring substituents is 1. The minimum atomic E-state index is -0.584. The van der Waals surface area contributed by atoms with E-state index >= 15 is 0 Å². The van der Waals surface area contributed by atoms with Gasteiger partial charge in [0, 0.05) is 17.7 Å². The van der Waals surface area contributed by atoms with Crippen LogP contribution in [0.2, 0.25) is 0 Å². The molecule has 1 aromatic heterocycles. The summed E-state index contributed by atoms with van der Waals surface area (Å²) in [5.41, 5.74) is -0.0673. The van der Waals surface area contributed by atoms with Crippen LogP contribution in [0.25, 0.3) is 10.9 Å². The van der Waals surface area contributed by atoms with Gasteiger partial charge in [-0.15, -0.1) is 0 Å². The first-order valence-corrected chi connectivity index (χ1v) is 9.23. The van der Waals surface area contributed by atoms with Crippen molar-refractivity contribution >= 4 is 22.8 Å². The monoisotopic (exact) mass is 416 g/mol. The van der Waals surface area contributed by atoms with E-state index in [4.69, 9.17) is 4.74 Å². The average Bonchev–Trinajstić information content (AvgIpc) is 2.79. The van der Waals surface area contributed by atoms with Gasteiger partial charge in [-0.25, -0.2) is 4.98 Å². The first kappa shape index (κ1) is 19.8. The zero-order chi connectivity index (χ0) is 21.8. The summed E-state index contributed by atoms with van der Waals surface area (Å²) in [6, 6.07) is 19.4. The van der Waals surface area contributed by atoms with Crippen LogP contribution in [-0.4, -0.2) is 25.9 Å². The van der Waals surface area contributed by atoms with E-state index in [0.717, 1.165) is 4.68 Å². The summed E-state index contributed by atoms with van der Waals surface area (Å²) in [7, 11) is 0. The Labute approximate surface area is 175 Å². The molecule has 3 aromatic carbocycles. The number of benzene rings is 3. The number of fused-ring (bicyclic) bond motifs is 1. The van der Waals surface area contributed by atoms with Crippen molar-refractivity contribution in [3.05, 3.63) is 105 Å². The van der Waals surface area contributed by atoms with Gasteiger partial charge in [-0.3, -0.25) is 14.9 Å². The highest BCUT2D eigenvalue weighted by molar-refractivity contribution is 5.84. The largest absolute Gasteiger partial charge is 0.507 e. The van der Waals surface area contributed by atoms with Crippen molar-refractivity contribution in [1.82, 2.24) is 9.66 Å². The Balaban J connectivity index is 1.77. The van der Waals surface area contributed by atoms with Gasteiger partial charge in [0.1, 0.15) is 18.1 Å². The van der Waals surface area contributed by atoms with Gasteiger partial charge in [0.25, 0.3) is 11.2 Å². The number of phenols is 1. The molecule has 31 heavy (non-hydrogen) atoms. The maximum absolute atomic E-state index is 13.0. The zero-order valence-electron chi connectivity index (χ0n) is 16.1. The first-order valence-electron chi connectivity index (χ1n) is 9.23. The van der Waals surface area contributed by atoms with Crippen molar-refractivity contribution in [2.24, 2.45) is 5.10 Å². The number of ether oxygens (including phenoxy) is 1. The molecule has 0 unspecified atom stereocenters. The van der Waals surface area contributed by atoms with Crippen LogP contribution in [0.3, 0.4) is 0 Å². The standard InChI is InChI=1S/C22H16N4O5/c27-20-11-10-16(26(29)30)12-15(20)13-23-25-21(14-31-17-6-2-1-3-7-17)24-19-9-5-4-8-18(19)22(25)28/h1-13,27H,14H2. The number of nitro benzene ring substituents is 1. The van der Waals surface area contributed by atoms with E-state index in [0.29, 0.717) is 16.7 Å². The second-order valence-electron chi connectivity index (χ2n) is 6.51. The summed E-state index contributed by atoms with van der Waals surface area (Å²) in [6.07, 6.45) is 1.17. The molecule has 0 aliphatic rings. The molecular weight excluding hydrogens is 400 g/mol. The van der Waals surface area contributed by atoms with E-state index < -0.39 is 10.5 Å². The lowest BCUT2D eigenvalue weighted by Crippen LogP contribution is -2.23. The third-order valence-corrected chi connectivity index (χ3v) is 4.47. The van der Waals surface area contributed by atoms with E-state index in [1.165, 1.54) is 24.4 Å². The normalized spacial score (nSPS) is 11.1. The predicted molar refractivity (Wildman–Crippen MR) is 115 cm³/mol. The maximum Gasteiger partial charge on any atom is 0.282 e. The van der Waals surface area contributed by atoms with E-state index in [2.05, 4.69) is 10.1 Å². The number of hydrogen-bond donors (Lipinski definition) is 1. The average molecular weight is 416 g/mol. The van der Waals surface area contributed by atoms with Gasteiger partial charge in [0.15, 0.2) is 5.82 Å². The lowest BCUT2D eigenvalue weighted by atomic mass is 10.2. The van der Waals surface area contributed by atoms with Gasteiger partial charge in [-0.2, -0.15) is 9.78 Å². The number of hydrogen-bond acceptors (Lipinski definition) is 7. The number of rotatable bonds is 6. The first-order chi connectivity index (χ1) is 15.0. The van der Waals surface area contributed by atoms with Crippen LogP contribution in [0, 0.1) is 10.1 Å². The maximum atomic E-state index is 13.0. The quantitative estimate of drug-likeness (QED) is 0.292. The number of nitrogens with zero attached hydrogens (tertiary/aromatic N) is 4. The highest BCUT2D eigenvalue weighted by Gasteiger charge is 2.13. The van der Waals surface area contributed by atoms with Gasteiger partial charge in [0.2, 0.25) is 0 Å². The zero-order valence-corrected chi connectivity index (χ0v) is 16.1. The Morgan fingerprint density at radius 1 is 1.10 bits per heavy atom. The minimum Gasteiger partial charge on any atom is -0.507 e. The fraction of sp³-hybridized carbons (Fsp3) is 0.0455. The van der Waals surface area contributed by atoms with Crippen molar-refractivity contribution in [3.8, 4) is 11.5 Å².